The highest BCUT2D eigenvalue weighted by Gasteiger charge is 2.32. The van der Waals surface area contributed by atoms with Gasteiger partial charge in [0.25, 0.3) is 5.56 Å². The minimum absolute atomic E-state index is 0.0391. The third-order valence-electron chi connectivity index (χ3n) is 4.45. The van der Waals surface area contributed by atoms with E-state index in [4.69, 9.17) is 21.3 Å². The monoisotopic (exact) mass is 382 g/mol. The van der Waals surface area contributed by atoms with Gasteiger partial charge in [-0.3, -0.25) is 9.36 Å². The molecule has 1 aromatic heterocycles. The molecule has 0 spiro atoms. The van der Waals surface area contributed by atoms with Crippen LogP contribution in [0.1, 0.15) is 43.5 Å². The molecule has 4 nitrogen and oxygen atoms in total. The van der Waals surface area contributed by atoms with Crippen LogP contribution in [0.5, 0.6) is 0 Å². The van der Waals surface area contributed by atoms with Gasteiger partial charge in [0.05, 0.1) is 10.9 Å². The Hall–Kier alpha value is -0.910. The summed E-state index contributed by atoms with van der Waals surface area (Å²) in [5.41, 5.74) is 0.755. The molecule has 0 radical (unpaired) electrons. The first kappa shape index (κ1) is 14.7. The van der Waals surface area contributed by atoms with Crippen molar-refractivity contribution in [3.8, 4) is 0 Å². The Balaban J connectivity index is 1.98. The lowest BCUT2D eigenvalue weighted by Gasteiger charge is -2.25. The molecule has 4 rings (SSSR count). The maximum Gasteiger partial charge on any atom is 0.261 e. The van der Waals surface area contributed by atoms with Gasteiger partial charge in [0.1, 0.15) is 5.82 Å². The van der Waals surface area contributed by atoms with Gasteiger partial charge in [0.2, 0.25) is 0 Å². The van der Waals surface area contributed by atoms with Gasteiger partial charge >= 0.3 is 0 Å². The van der Waals surface area contributed by atoms with Gasteiger partial charge in [-0.1, -0.05) is 11.6 Å². The number of nitrogens with zero attached hydrogens (tertiary/aromatic N) is 2. The fourth-order valence-electron chi connectivity index (χ4n) is 3.17. The van der Waals surface area contributed by atoms with Crippen LogP contribution in [-0.2, 0) is 4.74 Å². The molecule has 2 aliphatic rings. The molecule has 1 aromatic carbocycles. The lowest BCUT2D eigenvalue weighted by molar-refractivity contribution is 0.0825. The molecule has 6 heteroatoms. The normalized spacial score (nSPS) is 19.7. The van der Waals surface area contributed by atoms with Crippen molar-refractivity contribution in [3.63, 3.8) is 0 Å². The number of ether oxygens (including phenoxy) is 1. The summed E-state index contributed by atoms with van der Waals surface area (Å²) in [4.78, 5) is 17.9. The first-order chi connectivity index (χ1) is 10.6. The highest BCUT2D eigenvalue weighted by Crippen LogP contribution is 2.38. The van der Waals surface area contributed by atoms with Crippen molar-refractivity contribution in [1.29, 1.82) is 0 Å². The molecule has 2 heterocycles. The van der Waals surface area contributed by atoms with E-state index < -0.39 is 0 Å². The second kappa shape index (κ2) is 5.62. The Labute approximate surface area is 141 Å². The molecular weight excluding hydrogens is 368 g/mol. The van der Waals surface area contributed by atoms with Crippen molar-refractivity contribution in [3.05, 3.63) is 37.8 Å². The molecule has 0 unspecified atom stereocenters. The molecule has 0 bridgehead atoms. The molecule has 1 saturated heterocycles. The topological polar surface area (TPSA) is 44.1 Å². The average molecular weight is 384 g/mol. The van der Waals surface area contributed by atoms with Crippen molar-refractivity contribution in [2.45, 2.75) is 37.6 Å². The lowest BCUT2D eigenvalue weighted by atomic mass is 9.98. The summed E-state index contributed by atoms with van der Waals surface area (Å²) in [6.07, 6.45) is 3.97. The molecule has 1 aliphatic heterocycles. The molecule has 22 heavy (non-hydrogen) atoms. The lowest BCUT2D eigenvalue weighted by Crippen LogP contribution is -2.28. The van der Waals surface area contributed by atoms with Gasteiger partial charge in [-0.15, -0.1) is 0 Å². The van der Waals surface area contributed by atoms with Gasteiger partial charge in [-0.2, -0.15) is 0 Å². The summed E-state index contributed by atoms with van der Waals surface area (Å²) in [6.45, 7) is 1.48. The van der Waals surface area contributed by atoms with Crippen LogP contribution in [0.2, 0.25) is 5.02 Å². The number of benzene rings is 1. The predicted molar refractivity (Wildman–Crippen MR) is 89.8 cm³/mol. The number of rotatable bonds is 2. The second-order valence-electron chi connectivity index (χ2n) is 6.05. The maximum atomic E-state index is 13.0. The van der Waals surface area contributed by atoms with Crippen molar-refractivity contribution < 1.29 is 4.74 Å². The zero-order chi connectivity index (χ0) is 15.3. The Bertz CT molecular complexity index is 795. The van der Waals surface area contributed by atoms with Gasteiger partial charge < -0.3 is 4.74 Å². The molecule has 116 valence electrons. The Morgan fingerprint density at radius 3 is 2.64 bits per heavy atom. The van der Waals surface area contributed by atoms with Crippen LogP contribution in [0.4, 0.5) is 0 Å². The fraction of sp³-hybridized carbons (Fsp3) is 0.500. The third kappa shape index (κ3) is 2.49. The summed E-state index contributed by atoms with van der Waals surface area (Å²) in [7, 11) is 0. The standard InChI is InChI=1S/C16H16BrClN2O2/c17-13-8-10(18)7-12-14(13)19-15(9-3-5-22-6-4-9)20(16(12)21)11-1-2-11/h7-9,11H,1-6H2. The minimum atomic E-state index is 0.0391. The third-order valence-corrected chi connectivity index (χ3v) is 5.27. The summed E-state index contributed by atoms with van der Waals surface area (Å²) in [5, 5.41) is 1.15. The Morgan fingerprint density at radius 2 is 1.95 bits per heavy atom. The zero-order valence-corrected chi connectivity index (χ0v) is 14.4. The van der Waals surface area contributed by atoms with E-state index in [1.807, 2.05) is 4.57 Å². The van der Waals surface area contributed by atoms with Crippen LogP contribution in [0.25, 0.3) is 10.9 Å². The van der Waals surface area contributed by atoms with E-state index >= 15 is 0 Å². The fourth-order valence-corrected chi connectivity index (χ4v) is 4.07. The van der Waals surface area contributed by atoms with E-state index in [0.717, 1.165) is 49.2 Å². The number of halogens is 2. The summed E-state index contributed by atoms with van der Waals surface area (Å²) in [6, 6.07) is 3.83. The largest absolute Gasteiger partial charge is 0.381 e. The van der Waals surface area contributed by atoms with Crippen molar-refractivity contribution in [2.24, 2.45) is 0 Å². The highest BCUT2D eigenvalue weighted by atomic mass is 79.9. The molecule has 1 saturated carbocycles. The van der Waals surface area contributed by atoms with Crippen LogP contribution in [0, 0.1) is 0 Å². The van der Waals surface area contributed by atoms with Crippen molar-refractivity contribution in [2.75, 3.05) is 13.2 Å². The second-order valence-corrected chi connectivity index (χ2v) is 7.34. The predicted octanol–water partition coefficient (Wildman–Crippen LogP) is 4.04. The van der Waals surface area contributed by atoms with E-state index in [0.29, 0.717) is 27.9 Å². The number of aromatic nitrogens is 2. The summed E-state index contributed by atoms with van der Waals surface area (Å²) < 4.78 is 8.15. The molecule has 0 atom stereocenters. The van der Waals surface area contributed by atoms with Crippen LogP contribution in [0.3, 0.4) is 0 Å². The Kier molecular flexibility index (Phi) is 3.75. The summed E-state index contributed by atoms with van der Waals surface area (Å²) >= 11 is 9.61. The van der Waals surface area contributed by atoms with Crippen LogP contribution in [0.15, 0.2) is 21.4 Å². The molecule has 1 aliphatic carbocycles. The molecule has 0 amide bonds. The maximum absolute atomic E-state index is 13.0. The van der Waals surface area contributed by atoms with E-state index in [-0.39, 0.29) is 5.56 Å². The van der Waals surface area contributed by atoms with Gasteiger partial charge in [-0.05, 0) is 53.7 Å². The number of fused-ring (bicyclic) bond motifs is 1. The summed E-state index contributed by atoms with van der Waals surface area (Å²) in [5.74, 6) is 1.22. The molecule has 2 aromatic rings. The van der Waals surface area contributed by atoms with Crippen LogP contribution >= 0.6 is 27.5 Å². The first-order valence-electron chi connectivity index (χ1n) is 7.64. The Morgan fingerprint density at radius 1 is 1.23 bits per heavy atom. The molecule has 2 fully saturated rings. The van der Waals surface area contributed by atoms with Gasteiger partial charge in [-0.25, -0.2) is 4.98 Å². The smallest absolute Gasteiger partial charge is 0.261 e. The van der Waals surface area contributed by atoms with E-state index in [2.05, 4.69) is 15.9 Å². The minimum Gasteiger partial charge on any atom is -0.381 e. The van der Waals surface area contributed by atoms with Gasteiger partial charge in [0.15, 0.2) is 0 Å². The van der Waals surface area contributed by atoms with Crippen LogP contribution in [-0.4, -0.2) is 22.8 Å². The van der Waals surface area contributed by atoms with Gasteiger partial charge in [0, 0.05) is 34.7 Å². The number of hydrogen-bond acceptors (Lipinski definition) is 3. The van der Waals surface area contributed by atoms with Crippen molar-refractivity contribution in [1.82, 2.24) is 9.55 Å². The first-order valence-corrected chi connectivity index (χ1v) is 8.81. The highest BCUT2D eigenvalue weighted by molar-refractivity contribution is 9.10. The van der Waals surface area contributed by atoms with E-state index in [1.54, 1.807) is 12.1 Å². The SMILES string of the molecule is O=c1c2cc(Cl)cc(Br)c2nc(C2CCOCC2)n1C1CC1. The van der Waals surface area contributed by atoms with E-state index in [9.17, 15) is 4.79 Å². The molecule has 0 N–H and O–H groups in total. The van der Waals surface area contributed by atoms with E-state index in [1.165, 1.54) is 0 Å². The quantitative estimate of drug-likeness (QED) is 0.786. The van der Waals surface area contributed by atoms with Crippen LogP contribution < -0.4 is 5.56 Å². The average Bonchev–Trinajstić information content (AvgIpc) is 3.33. The zero-order valence-electron chi connectivity index (χ0n) is 12.0. The number of hydrogen-bond donors (Lipinski definition) is 0. The van der Waals surface area contributed by atoms with Crippen molar-refractivity contribution >= 4 is 38.4 Å². The molecular formula is C16H16BrClN2O2.